The summed E-state index contributed by atoms with van der Waals surface area (Å²) in [6.07, 6.45) is 3.48. The molecule has 112 valence electrons. The molecule has 0 aliphatic carbocycles. The van der Waals surface area contributed by atoms with E-state index in [4.69, 9.17) is 16.3 Å². The van der Waals surface area contributed by atoms with Crippen LogP contribution < -0.4 is 4.74 Å². The molecule has 6 heteroatoms. The lowest BCUT2D eigenvalue weighted by Gasteiger charge is -2.19. The molecule has 0 radical (unpaired) electrons. The summed E-state index contributed by atoms with van der Waals surface area (Å²) in [5.41, 5.74) is 2.04. The first-order chi connectivity index (χ1) is 10.2. The number of halogens is 1. The molecule has 2 heterocycles. The van der Waals surface area contributed by atoms with Crippen molar-refractivity contribution in [1.29, 1.82) is 0 Å². The van der Waals surface area contributed by atoms with Gasteiger partial charge in [-0.05, 0) is 17.7 Å². The maximum Gasteiger partial charge on any atom is 0.123 e. The number of hydrogen-bond acceptors (Lipinski definition) is 4. The molecule has 1 aromatic carbocycles. The van der Waals surface area contributed by atoms with E-state index in [0.717, 1.165) is 43.1 Å². The zero-order valence-corrected chi connectivity index (χ0v) is 12.5. The normalized spacial score (nSPS) is 15.3. The molecule has 1 aromatic heterocycles. The summed E-state index contributed by atoms with van der Waals surface area (Å²) in [7, 11) is 0. The summed E-state index contributed by atoms with van der Waals surface area (Å²) in [6.45, 7) is 4.09. The van der Waals surface area contributed by atoms with Crippen LogP contribution in [0.5, 0.6) is 5.75 Å². The Labute approximate surface area is 128 Å². The maximum atomic E-state index is 9.25. The van der Waals surface area contributed by atoms with Crippen LogP contribution in [0.4, 0.5) is 0 Å². The lowest BCUT2D eigenvalue weighted by molar-refractivity contribution is 0.217. The summed E-state index contributed by atoms with van der Waals surface area (Å²) in [6, 6.07) is 5.86. The first-order valence-electron chi connectivity index (χ1n) is 7.00. The van der Waals surface area contributed by atoms with E-state index in [9.17, 15) is 5.11 Å². The molecule has 21 heavy (non-hydrogen) atoms. The highest BCUT2D eigenvalue weighted by Crippen LogP contribution is 2.24. The quantitative estimate of drug-likeness (QED) is 0.937. The van der Waals surface area contributed by atoms with Gasteiger partial charge in [0, 0.05) is 31.4 Å². The van der Waals surface area contributed by atoms with Gasteiger partial charge in [-0.1, -0.05) is 17.7 Å². The van der Waals surface area contributed by atoms with Gasteiger partial charge in [-0.2, -0.15) is 5.10 Å². The third-order valence-electron chi connectivity index (χ3n) is 3.61. The predicted molar refractivity (Wildman–Crippen MR) is 80.4 cm³/mol. The topological polar surface area (TPSA) is 50.5 Å². The Hall–Kier alpha value is -1.56. The lowest BCUT2D eigenvalue weighted by Crippen LogP contribution is -2.29. The van der Waals surface area contributed by atoms with Gasteiger partial charge in [0.1, 0.15) is 12.4 Å². The lowest BCUT2D eigenvalue weighted by atomic mass is 10.1. The number of benzene rings is 1. The van der Waals surface area contributed by atoms with Gasteiger partial charge in [-0.3, -0.25) is 9.58 Å². The molecule has 0 saturated carbocycles. The Bertz CT molecular complexity index is 615. The summed E-state index contributed by atoms with van der Waals surface area (Å²) in [5, 5.41) is 14.1. The van der Waals surface area contributed by atoms with Crippen molar-refractivity contribution in [3.63, 3.8) is 0 Å². The second-order valence-corrected chi connectivity index (χ2v) is 5.58. The smallest absolute Gasteiger partial charge is 0.123 e. The molecule has 0 fully saturated rings. The van der Waals surface area contributed by atoms with Gasteiger partial charge in [0.05, 0.1) is 24.4 Å². The first kappa shape index (κ1) is 14.4. The number of nitrogens with zero attached hydrogens (tertiary/aromatic N) is 3. The number of rotatable bonds is 4. The van der Waals surface area contributed by atoms with E-state index >= 15 is 0 Å². The van der Waals surface area contributed by atoms with Crippen molar-refractivity contribution >= 4 is 11.6 Å². The fourth-order valence-corrected chi connectivity index (χ4v) is 2.65. The molecule has 2 aromatic rings. The van der Waals surface area contributed by atoms with Crippen LogP contribution in [0, 0.1) is 0 Å². The highest BCUT2D eigenvalue weighted by molar-refractivity contribution is 6.30. The second-order valence-electron chi connectivity index (χ2n) is 5.15. The molecule has 0 spiro atoms. The van der Waals surface area contributed by atoms with E-state index in [2.05, 4.69) is 10.00 Å². The number of fused-ring (bicyclic) bond motifs is 1. The fourth-order valence-electron chi connectivity index (χ4n) is 2.50. The molecule has 1 aliphatic heterocycles. The maximum absolute atomic E-state index is 9.25. The highest BCUT2D eigenvalue weighted by Gasteiger charge is 2.15. The monoisotopic (exact) mass is 307 g/mol. The van der Waals surface area contributed by atoms with Crippen LogP contribution >= 0.6 is 11.6 Å². The minimum absolute atomic E-state index is 0.0546. The largest absolute Gasteiger partial charge is 0.492 e. The van der Waals surface area contributed by atoms with Crippen LogP contribution in [0.3, 0.4) is 0 Å². The highest BCUT2D eigenvalue weighted by atomic mass is 35.5. The minimum Gasteiger partial charge on any atom is -0.492 e. The third kappa shape index (κ3) is 3.56. The van der Waals surface area contributed by atoms with E-state index in [-0.39, 0.29) is 6.61 Å². The summed E-state index contributed by atoms with van der Waals surface area (Å²) >= 11 is 5.87. The van der Waals surface area contributed by atoms with E-state index in [1.54, 1.807) is 6.20 Å². The standard InChI is InChI=1S/C15H18ClN3O2/c16-14-8-17-19(10-14)4-3-18-5-6-21-15-2-1-12(11-20)7-13(15)9-18/h1-2,7-8,10,20H,3-6,9,11H2. The van der Waals surface area contributed by atoms with Crippen molar-refractivity contribution in [2.24, 2.45) is 0 Å². The molecule has 0 atom stereocenters. The van der Waals surface area contributed by atoms with Crippen molar-refractivity contribution < 1.29 is 9.84 Å². The Morgan fingerprint density at radius 3 is 3.00 bits per heavy atom. The molecule has 3 rings (SSSR count). The molecule has 0 unspecified atom stereocenters. The summed E-state index contributed by atoms with van der Waals surface area (Å²) in [5.74, 6) is 0.914. The number of hydrogen-bond donors (Lipinski definition) is 1. The Morgan fingerprint density at radius 1 is 1.33 bits per heavy atom. The number of aliphatic hydroxyl groups is 1. The Kier molecular flexibility index (Phi) is 4.43. The number of aliphatic hydroxyl groups excluding tert-OH is 1. The fraction of sp³-hybridized carbons (Fsp3) is 0.400. The van der Waals surface area contributed by atoms with Crippen LogP contribution in [0.25, 0.3) is 0 Å². The molecule has 0 bridgehead atoms. The van der Waals surface area contributed by atoms with Crippen LogP contribution in [-0.4, -0.2) is 39.5 Å². The van der Waals surface area contributed by atoms with Crippen LogP contribution in [-0.2, 0) is 19.7 Å². The van der Waals surface area contributed by atoms with Gasteiger partial charge in [-0.15, -0.1) is 0 Å². The second kappa shape index (κ2) is 6.47. The predicted octanol–water partition coefficient (Wildman–Crippen LogP) is 1.92. The first-order valence-corrected chi connectivity index (χ1v) is 7.38. The van der Waals surface area contributed by atoms with Gasteiger partial charge < -0.3 is 9.84 Å². The van der Waals surface area contributed by atoms with Gasteiger partial charge in [0.2, 0.25) is 0 Å². The van der Waals surface area contributed by atoms with Crippen molar-refractivity contribution in [3.8, 4) is 5.75 Å². The number of aromatic nitrogens is 2. The van der Waals surface area contributed by atoms with Crippen molar-refractivity contribution in [3.05, 3.63) is 46.7 Å². The third-order valence-corrected chi connectivity index (χ3v) is 3.81. The summed E-state index contributed by atoms with van der Waals surface area (Å²) < 4.78 is 7.61. The Morgan fingerprint density at radius 2 is 2.24 bits per heavy atom. The molecule has 1 N–H and O–H groups in total. The van der Waals surface area contributed by atoms with E-state index in [1.807, 2.05) is 29.1 Å². The Balaban J connectivity index is 1.67. The SMILES string of the molecule is OCc1ccc2c(c1)CN(CCn1cc(Cl)cn1)CCO2. The van der Waals surface area contributed by atoms with E-state index in [0.29, 0.717) is 11.6 Å². The molecular formula is C15H18ClN3O2. The average Bonchev–Trinajstić information content (AvgIpc) is 2.80. The zero-order chi connectivity index (χ0) is 14.7. The minimum atomic E-state index is 0.0546. The van der Waals surface area contributed by atoms with Crippen molar-refractivity contribution in [2.75, 3.05) is 19.7 Å². The molecule has 5 nitrogen and oxygen atoms in total. The molecule has 0 saturated heterocycles. The molecular weight excluding hydrogens is 290 g/mol. The number of ether oxygens (including phenoxy) is 1. The molecule has 1 aliphatic rings. The summed E-state index contributed by atoms with van der Waals surface area (Å²) in [4.78, 5) is 2.32. The van der Waals surface area contributed by atoms with Gasteiger partial charge >= 0.3 is 0 Å². The van der Waals surface area contributed by atoms with Crippen LogP contribution in [0.15, 0.2) is 30.6 Å². The van der Waals surface area contributed by atoms with Crippen molar-refractivity contribution in [2.45, 2.75) is 19.7 Å². The zero-order valence-electron chi connectivity index (χ0n) is 11.7. The molecule has 0 amide bonds. The van der Waals surface area contributed by atoms with Gasteiger partial charge in [-0.25, -0.2) is 0 Å². The van der Waals surface area contributed by atoms with Crippen LogP contribution in [0.1, 0.15) is 11.1 Å². The van der Waals surface area contributed by atoms with Crippen LogP contribution in [0.2, 0.25) is 5.02 Å². The van der Waals surface area contributed by atoms with E-state index < -0.39 is 0 Å². The van der Waals surface area contributed by atoms with Crippen molar-refractivity contribution in [1.82, 2.24) is 14.7 Å². The van der Waals surface area contributed by atoms with Gasteiger partial charge in [0.25, 0.3) is 0 Å². The van der Waals surface area contributed by atoms with Gasteiger partial charge in [0.15, 0.2) is 0 Å². The average molecular weight is 308 g/mol. The van der Waals surface area contributed by atoms with E-state index in [1.165, 1.54) is 0 Å².